The van der Waals surface area contributed by atoms with Crippen molar-refractivity contribution in [3.05, 3.63) is 45.5 Å². The van der Waals surface area contributed by atoms with E-state index in [1.54, 1.807) is 12.1 Å². The van der Waals surface area contributed by atoms with Crippen molar-refractivity contribution in [1.82, 2.24) is 0 Å². The van der Waals surface area contributed by atoms with Crippen molar-refractivity contribution in [2.24, 2.45) is 5.41 Å². The van der Waals surface area contributed by atoms with Crippen LogP contribution in [0.2, 0.25) is 0 Å². The lowest BCUT2D eigenvalue weighted by molar-refractivity contribution is -0.384. The zero-order valence-corrected chi connectivity index (χ0v) is 11.4. The highest BCUT2D eigenvalue weighted by Crippen LogP contribution is 2.66. The summed E-state index contributed by atoms with van der Waals surface area (Å²) in [5.74, 6) is 1.17. The van der Waals surface area contributed by atoms with Crippen molar-refractivity contribution in [3.63, 3.8) is 0 Å². The molecular weight excluding hydrogens is 262 g/mol. The number of nitro benzene ring substituents is 1. The van der Waals surface area contributed by atoms with Gasteiger partial charge in [-0.1, -0.05) is 12.2 Å². The molecule has 0 amide bonds. The standard InChI is InChI=1S/C15H16ClNO2/c16-8-2-7-15-6-1-3-11-4-5-12(17(18)19)9-13(11)14(15)10-15/h1,3-5,9,14H,2,6-8,10H2. The van der Waals surface area contributed by atoms with E-state index in [1.165, 1.54) is 0 Å². The maximum atomic E-state index is 10.9. The second-order valence-electron chi connectivity index (χ2n) is 5.59. The Labute approximate surface area is 117 Å². The molecule has 1 aromatic carbocycles. The Morgan fingerprint density at radius 3 is 3.05 bits per heavy atom. The lowest BCUT2D eigenvalue weighted by Gasteiger charge is -2.13. The van der Waals surface area contributed by atoms with Crippen molar-refractivity contribution < 1.29 is 4.92 Å². The molecule has 0 radical (unpaired) electrons. The number of nitro groups is 1. The highest BCUT2D eigenvalue weighted by Gasteiger charge is 2.54. The van der Waals surface area contributed by atoms with Gasteiger partial charge < -0.3 is 0 Å². The first-order valence-corrected chi connectivity index (χ1v) is 7.21. The van der Waals surface area contributed by atoms with Gasteiger partial charge in [-0.3, -0.25) is 10.1 Å². The van der Waals surface area contributed by atoms with Gasteiger partial charge in [0.2, 0.25) is 0 Å². The maximum Gasteiger partial charge on any atom is 0.269 e. The number of benzene rings is 1. The minimum Gasteiger partial charge on any atom is -0.258 e. The molecule has 0 heterocycles. The first-order valence-electron chi connectivity index (χ1n) is 6.67. The number of fused-ring (bicyclic) bond motifs is 3. The Kier molecular flexibility index (Phi) is 3.09. The largest absolute Gasteiger partial charge is 0.269 e. The minimum atomic E-state index is -0.308. The van der Waals surface area contributed by atoms with Gasteiger partial charge in [0.15, 0.2) is 0 Å². The molecule has 0 bridgehead atoms. The van der Waals surface area contributed by atoms with Crippen molar-refractivity contribution in [2.45, 2.75) is 31.6 Å². The predicted molar refractivity (Wildman–Crippen MR) is 76.5 cm³/mol. The number of non-ortho nitro benzene ring substituents is 1. The average Bonchev–Trinajstić information content (AvgIpc) is 3.11. The molecule has 2 atom stereocenters. The molecule has 2 unspecified atom stereocenters. The number of nitrogens with zero attached hydrogens (tertiary/aromatic N) is 1. The molecule has 19 heavy (non-hydrogen) atoms. The zero-order valence-electron chi connectivity index (χ0n) is 10.6. The van der Waals surface area contributed by atoms with Crippen LogP contribution in [0, 0.1) is 15.5 Å². The highest BCUT2D eigenvalue weighted by atomic mass is 35.5. The van der Waals surface area contributed by atoms with Crippen LogP contribution < -0.4 is 0 Å². The molecule has 0 aromatic heterocycles. The predicted octanol–water partition coefficient (Wildman–Crippen LogP) is 4.50. The molecule has 100 valence electrons. The summed E-state index contributed by atoms with van der Waals surface area (Å²) in [5, 5.41) is 10.9. The summed E-state index contributed by atoms with van der Waals surface area (Å²) in [6.07, 6.45) is 8.67. The number of hydrogen-bond acceptors (Lipinski definition) is 2. The van der Waals surface area contributed by atoms with Gasteiger partial charge in [0, 0.05) is 18.0 Å². The highest BCUT2D eigenvalue weighted by molar-refractivity contribution is 6.17. The van der Waals surface area contributed by atoms with E-state index in [0.717, 1.165) is 36.8 Å². The molecule has 3 nitrogen and oxygen atoms in total. The molecule has 4 heteroatoms. The van der Waals surface area contributed by atoms with Crippen LogP contribution in [0.25, 0.3) is 6.08 Å². The van der Waals surface area contributed by atoms with Crippen molar-refractivity contribution >= 4 is 23.4 Å². The summed E-state index contributed by atoms with van der Waals surface area (Å²) in [6, 6.07) is 5.23. The Bertz CT molecular complexity index is 555. The van der Waals surface area contributed by atoms with E-state index >= 15 is 0 Å². The van der Waals surface area contributed by atoms with E-state index in [0.29, 0.717) is 17.2 Å². The average molecular weight is 278 g/mol. The third-order valence-electron chi connectivity index (χ3n) is 4.48. The van der Waals surface area contributed by atoms with Gasteiger partial charge in [-0.05, 0) is 54.2 Å². The number of halogens is 1. The number of rotatable bonds is 4. The molecule has 1 fully saturated rings. The van der Waals surface area contributed by atoms with E-state index in [2.05, 4.69) is 12.2 Å². The Morgan fingerprint density at radius 2 is 2.32 bits per heavy atom. The van der Waals surface area contributed by atoms with E-state index in [9.17, 15) is 10.1 Å². The summed E-state index contributed by atoms with van der Waals surface area (Å²) in [6.45, 7) is 0. The molecule has 1 saturated carbocycles. The first kappa shape index (κ1) is 12.7. The molecule has 0 aliphatic heterocycles. The number of allylic oxidation sites excluding steroid dienone is 1. The van der Waals surface area contributed by atoms with Crippen molar-refractivity contribution in [3.8, 4) is 0 Å². The zero-order chi connectivity index (χ0) is 13.5. The second kappa shape index (κ2) is 4.64. The van der Waals surface area contributed by atoms with Gasteiger partial charge in [-0.2, -0.15) is 0 Å². The summed E-state index contributed by atoms with van der Waals surface area (Å²) in [5.41, 5.74) is 2.80. The quantitative estimate of drug-likeness (QED) is 0.462. The Morgan fingerprint density at radius 1 is 1.47 bits per heavy atom. The van der Waals surface area contributed by atoms with Gasteiger partial charge in [0.1, 0.15) is 0 Å². The van der Waals surface area contributed by atoms with Gasteiger partial charge in [0.25, 0.3) is 5.69 Å². The number of hydrogen-bond donors (Lipinski definition) is 0. The van der Waals surface area contributed by atoms with Crippen LogP contribution in [-0.4, -0.2) is 10.8 Å². The first-order chi connectivity index (χ1) is 9.16. The second-order valence-corrected chi connectivity index (χ2v) is 5.97. The van der Waals surface area contributed by atoms with Crippen LogP contribution >= 0.6 is 11.6 Å². The van der Waals surface area contributed by atoms with Crippen LogP contribution in [0.15, 0.2) is 24.3 Å². The monoisotopic (exact) mass is 277 g/mol. The van der Waals surface area contributed by atoms with Crippen molar-refractivity contribution in [2.75, 3.05) is 5.88 Å². The fraction of sp³-hybridized carbons (Fsp3) is 0.467. The summed E-state index contributed by atoms with van der Waals surface area (Å²) in [4.78, 5) is 10.6. The van der Waals surface area contributed by atoms with Crippen LogP contribution in [-0.2, 0) is 0 Å². The lowest BCUT2D eigenvalue weighted by Crippen LogP contribution is -2.03. The van der Waals surface area contributed by atoms with E-state index < -0.39 is 0 Å². The molecule has 0 saturated heterocycles. The van der Waals surface area contributed by atoms with Gasteiger partial charge in [-0.25, -0.2) is 0 Å². The van der Waals surface area contributed by atoms with Crippen LogP contribution in [0.4, 0.5) is 5.69 Å². The van der Waals surface area contributed by atoms with E-state index in [1.807, 2.05) is 6.07 Å². The van der Waals surface area contributed by atoms with E-state index in [-0.39, 0.29) is 10.6 Å². The smallest absolute Gasteiger partial charge is 0.258 e. The van der Waals surface area contributed by atoms with Crippen LogP contribution in [0.3, 0.4) is 0 Å². The van der Waals surface area contributed by atoms with Crippen LogP contribution in [0.1, 0.15) is 42.7 Å². The molecule has 1 aromatic rings. The molecule has 0 N–H and O–H groups in total. The summed E-state index contributed by atoms with van der Waals surface area (Å²) < 4.78 is 0. The Hall–Kier alpha value is -1.35. The normalized spacial score (nSPS) is 27.3. The molecule has 3 rings (SSSR count). The topological polar surface area (TPSA) is 43.1 Å². The molecule has 2 aliphatic rings. The summed E-state index contributed by atoms with van der Waals surface area (Å²) >= 11 is 5.80. The third kappa shape index (κ3) is 2.16. The SMILES string of the molecule is O=[N+]([O-])c1ccc2c(c1)C1CC1(CCCCl)CC=C2. The third-order valence-corrected chi connectivity index (χ3v) is 4.74. The van der Waals surface area contributed by atoms with Gasteiger partial charge in [0.05, 0.1) is 4.92 Å². The van der Waals surface area contributed by atoms with E-state index in [4.69, 9.17) is 11.6 Å². The van der Waals surface area contributed by atoms with Gasteiger partial charge in [-0.15, -0.1) is 11.6 Å². The molecule has 0 spiro atoms. The minimum absolute atomic E-state index is 0.201. The molecular formula is C15H16ClNO2. The van der Waals surface area contributed by atoms with Gasteiger partial charge >= 0.3 is 0 Å². The fourth-order valence-corrected chi connectivity index (χ4v) is 3.49. The number of alkyl halides is 1. The fourth-order valence-electron chi connectivity index (χ4n) is 3.36. The Balaban J connectivity index is 1.94. The molecule has 2 aliphatic carbocycles. The summed E-state index contributed by atoms with van der Waals surface area (Å²) in [7, 11) is 0. The van der Waals surface area contributed by atoms with Crippen LogP contribution in [0.5, 0.6) is 0 Å². The lowest BCUT2D eigenvalue weighted by atomic mass is 9.91. The van der Waals surface area contributed by atoms with Crippen molar-refractivity contribution in [1.29, 1.82) is 0 Å². The maximum absolute atomic E-state index is 10.9.